The van der Waals surface area contributed by atoms with Gasteiger partial charge in [0.25, 0.3) is 0 Å². The van der Waals surface area contributed by atoms with Gasteiger partial charge in [-0.05, 0) is 22.2 Å². The van der Waals surface area contributed by atoms with E-state index in [0.717, 1.165) is 16.7 Å². The second-order valence-electron chi connectivity index (χ2n) is 8.53. The normalized spacial score (nSPS) is 25.8. The molecule has 2 aliphatic heterocycles. The van der Waals surface area contributed by atoms with Crippen molar-refractivity contribution in [2.45, 2.75) is 50.5 Å². The van der Waals surface area contributed by atoms with Crippen molar-refractivity contribution in [2.24, 2.45) is 5.11 Å². The number of fused-ring (bicyclic) bond motifs is 1. The van der Waals surface area contributed by atoms with Gasteiger partial charge in [-0.2, -0.15) is 0 Å². The van der Waals surface area contributed by atoms with Crippen molar-refractivity contribution >= 4 is 14.0 Å². The highest BCUT2D eigenvalue weighted by molar-refractivity contribution is 7.48. The van der Waals surface area contributed by atoms with Crippen LogP contribution in [-0.4, -0.2) is 55.1 Å². The first-order valence-electron chi connectivity index (χ1n) is 12.0. The Kier molecular flexibility index (Phi) is 10.1. The lowest BCUT2D eigenvalue weighted by atomic mass is 9.97. The molecule has 2 aromatic carbocycles. The number of benzene rings is 2. The average Bonchev–Trinajstić information content (AvgIpc) is 3.11. The monoisotopic (exact) mass is 561 g/mol. The third-order valence-corrected chi connectivity index (χ3v) is 7.28. The van der Waals surface area contributed by atoms with Crippen LogP contribution in [0.15, 0.2) is 72.4 Å². The highest BCUT2D eigenvalue weighted by Crippen LogP contribution is 2.55. The molecule has 1 saturated heterocycles. The molecule has 0 unspecified atom stereocenters. The first-order valence-corrected chi connectivity index (χ1v) is 13.5. The molecule has 14 heteroatoms. The van der Waals surface area contributed by atoms with Crippen LogP contribution >= 0.6 is 7.82 Å². The molecule has 0 aliphatic carbocycles. The first kappa shape index (κ1) is 28.8. The second-order valence-corrected chi connectivity index (χ2v) is 10.1. The van der Waals surface area contributed by atoms with Crippen LogP contribution in [0.3, 0.4) is 0 Å². The van der Waals surface area contributed by atoms with Gasteiger partial charge in [0.05, 0.1) is 26.4 Å². The lowest BCUT2D eigenvalue weighted by Gasteiger charge is -2.42. The van der Waals surface area contributed by atoms with Gasteiger partial charge < -0.3 is 24.1 Å². The number of hydrogen-bond acceptors (Lipinski definition) is 11. The number of ether oxygens (including phenoxy) is 4. The van der Waals surface area contributed by atoms with Crippen LogP contribution in [-0.2, 0) is 56.9 Å². The molecular weight excluding hydrogens is 533 g/mol. The maximum Gasteiger partial charge on any atom is 0.508 e. The molecule has 0 bridgehead atoms. The number of nitrogens with zero attached hydrogens (tertiary/aromatic N) is 3. The van der Waals surface area contributed by atoms with Crippen molar-refractivity contribution in [2.75, 3.05) is 13.2 Å². The Morgan fingerprint density at radius 1 is 1.13 bits per heavy atom. The van der Waals surface area contributed by atoms with E-state index in [9.17, 15) is 14.5 Å². The fourth-order valence-corrected chi connectivity index (χ4v) is 5.35. The summed E-state index contributed by atoms with van der Waals surface area (Å²) in [6.45, 7) is 3.12. The minimum absolute atomic E-state index is 0.0779. The van der Waals surface area contributed by atoms with E-state index in [1.165, 1.54) is 6.08 Å². The fourth-order valence-electron chi connectivity index (χ4n) is 4.01. The Hall–Kier alpha value is -3.25. The van der Waals surface area contributed by atoms with E-state index in [-0.39, 0.29) is 33.0 Å². The number of carbonyl (C=O) groups excluding carboxylic acids is 1. The zero-order valence-electron chi connectivity index (χ0n) is 20.8. The van der Waals surface area contributed by atoms with Crippen molar-refractivity contribution in [3.8, 4) is 0 Å². The van der Waals surface area contributed by atoms with Gasteiger partial charge >= 0.3 is 14.0 Å². The van der Waals surface area contributed by atoms with Gasteiger partial charge in [0.1, 0.15) is 31.0 Å². The molecule has 13 nitrogen and oxygen atoms in total. The van der Waals surface area contributed by atoms with Crippen LogP contribution in [0.4, 0.5) is 4.79 Å². The summed E-state index contributed by atoms with van der Waals surface area (Å²) in [7, 11) is -4.30. The van der Waals surface area contributed by atoms with Gasteiger partial charge in [0.2, 0.25) is 0 Å². The smallest absolute Gasteiger partial charge is 0.430 e. The molecule has 0 radical (unpaired) electrons. The summed E-state index contributed by atoms with van der Waals surface area (Å²) in [4.78, 5) is 15.1. The molecule has 4 rings (SSSR count). The molecule has 39 heavy (non-hydrogen) atoms. The Labute approximate surface area is 224 Å². The van der Waals surface area contributed by atoms with Crippen molar-refractivity contribution in [3.05, 3.63) is 94.4 Å². The van der Waals surface area contributed by atoms with Crippen LogP contribution in [0.1, 0.15) is 16.7 Å². The summed E-state index contributed by atoms with van der Waals surface area (Å²) < 4.78 is 52.3. The van der Waals surface area contributed by atoms with Crippen LogP contribution in [0.5, 0.6) is 0 Å². The third-order valence-electron chi connectivity index (χ3n) is 5.89. The van der Waals surface area contributed by atoms with Gasteiger partial charge in [0.15, 0.2) is 6.29 Å². The number of carbonyl (C=O) groups is 1. The third kappa shape index (κ3) is 7.66. The van der Waals surface area contributed by atoms with Gasteiger partial charge in [-0.15, -0.1) is 0 Å². The van der Waals surface area contributed by atoms with Crippen LogP contribution < -0.4 is 0 Å². The van der Waals surface area contributed by atoms with Crippen molar-refractivity contribution in [1.29, 1.82) is 0 Å². The molecule has 2 heterocycles. The zero-order chi connectivity index (χ0) is 27.7. The molecule has 2 aliphatic rings. The number of aliphatic hydroxyl groups excluding tert-OH is 1. The number of hydrogen-bond donors (Lipinski definition) is 1. The van der Waals surface area contributed by atoms with Crippen LogP contribution in [0.2, 0.25) is 0 Å². The summed E-state index contributed by atoms with van der Waals surface area (Å²) in [5.41, 5.74) is 11.5. The fraction of sp³-hybridized carbons (Fsp3) is 0.400. The topological polar surface area (TPSA) is 168 Å². The summed E-state index contributed by atoms with van der Waals surface area (Å²) >= 11 is 0. The highest BCUT2D eigenvalue weighted by Gasteiger charge is 2.52. The molecule has 1 N–H and O–H groups in total. The lowest BCUT2D eigenvalue weighted by molar-refractivity contribution is -0.251. The van der Waals surface area contributed by atoms with E-state index < -0.39 is 44.6 Å². The largest absolute Gasteiger partial charge is 0.508 e. The zero-order valence-corrected chi connectivity index (χ0v) is 21.7. The number of azide groups is 1. The highest BCUT2D eigenvalue weighted by atomic mass is 31.2. The van der Waals surface area contributed by atoms with E-state index >= 15 is 0 Å². The van der Waals surface area contributed by atoms with Crippen LogP contribution in [0, 0.1) is 0 Å². The van der Waals surface area contributed by atoms with Gasteiger partial charge in [0, 0.05) is 4.91 Å². The Bertz CT molecular complexity index is 1190. The molecule has 0 aromatic heterocycles. The van der Waals surface area contributed by atoms with Crippen molar-refractivity contribution in [1.82, 2.24) is 0 Å². The number of phosphoric ester groups is 1. The van der Waals surface area contributed by atoms with Gasteiger partial charge in [-0.25, -0.2) is 9.36 Å². The summed E-state index contributed by atoms with van der Waals surface area (Å²) in [6.07, 6.45) is -5.67. The maximum absolute atomic E-state index is 13.7. The van der Waals surface area contributed by atoms with Crippen molar-refractivity contribution in [3.63, 3.8) is 0 Å². The van der Waals surface area contributed by atoms with E-state index in [0.29, 0.717) is 0 Å². The molecule has 0 saturated carbocycles. The quantitative estimate of drug-likeness (QED) is 0.108. The lowest BCUT2D eigenvalue weighted by Crippen LogP contribution is -2.60. The predicted octanol–water partition coefficient (Wildman–Crippen LogP) is 4.55. The molecule has 1 fully saturated rings. The second kappa shape index (κ2) is 13.7. The SMILES string of the molecule is C=CCOC(=O)O[C@@H]1[C@@H](N=[N+]=[N-])[C@H](O)O[C@H](COCc2ccccc2)[C@H]1OP1(=O)OCc2ccccc2CO1. The van der Waals surface area contributed by atoms with E-state index in [4.69, 9.17) is 38.0 Å². The number of phosphoric acid groups is 1. The van der Waals surface area contributed by atoms with Crippen molar-refractivity contribution < 1.29 is 47.0 Å². The van der Waals surface area contributed by atoms with Crippen LogP contribution in [0.25, 0.3) is 10.4 Å². The minimum Gasteiger partial charge on any atom is -0.430 e. The predicted molar refractivity (Wildman–Crippen MR) is 135 cm³/mol. The van der Waals surface area contributed by atoms with E-state index in [2.05, 4.69) is 16.6 Å². The van der Waals surface area contributed by atoms with Gasteiger partial charge in [-0.3, -0.25) is 13.6 Å². The van der Waals surface area contributed by atoms with Gasteiger partial charge in [-0.1, -0.05) is 72.4 Å². The number of rotatable bonds is 10. The molecule has 0 spiro atoms. The Morgan fingerprint density at radius 2 is 1.79 bits per heavy atom. The maximum atomic E-state index is 13.7. The summed E-state index contributed by atoms with van der Waals surface area (Å²) in [5, 5.41) is 14.1. The Morgan fingerprint density at radius 3 is 2.44 bits per heavy atom. The van der Waals surface area contributed by atoms with E-state index in [1.54, 1.807) is 24.3 Å². The summed E-state index contributed by atoms with van der Waals surface area (Å²) in [6, 6.07) is 15.0. The molecule has 5 atom stereocenters. The average molecular weight is 561 g/mol. The molecular formula is C25H28N3O10P. The molecule has 2 aromatic rings. The number of aliphatic hydroxyl groups is 1. The standard InChI is InChI=1S/C25H28N3O10P/c1-2-12-33-25(30)37-23-21(27-28-26)24(29)36-20(16-32-13-17-8-4-3-5-9-17)22(23)38-39(31)34-14-18-10-6-7-11-19(18)15-35-39/h2-11,20-24,29H,1,12-16H2/t20-,21-,22-,23-,24-/m1/s1. The first-order chi connectivity index (χ1) is 18.9. The molecule has 0 amide bonds. The Balaban J connectivity index is 1.59. The summed E-state index contributed by atoms with van der Waals surface area (Å²) in [5.74, 6) is 0. The minimum atomic E-state index is -4.30. The molecule has 208 valence electrons. The van der Waals surface area contributed by atoms with E-state index in [1.807, 2.05) is 30.3 Å².